The number of hydrogen-bond acceptors (Lipinski definition) is 2. The van der Waals surface area contributed by atoms with Gasteiger partial charge in [0.15, 0.2) is 0 Å². The highest BCUT2D eigenvalue weighted by molar-refractivity contribution is 6.34. The van der Waals surface area contributed by atoms with Gasteiger partial charge in [0.2, 0.25) is 0 Å². The smallest absolute Gasteiger partial charge is 0.0563 e. The molecule has 2 nitrogen and oxygen atoms in total. The molecule has 116 valence electrons. The summed E-state index contributed by atoms with van der Waals surface area (Å²) in [7, 11) is 0. The van der Waals surface area contributed by atoms with E-state index in [4.69, 9.17) is 23.2 Å². The van der Waals surface area contributed by atoms with Gasteiger partial charge in [0, 0.05) is 34.6 Å². The van der Waals surface area contributed by atoms with Crippen LogP contribution in [0, 0.1) is 0 Å². The molecule has 1 aliphatic heterocycles. The Kier molecular flexibility index (Phi) is 5.02. The number of aromatic nitrogens is 1. The maximum atomic E-state index is 6.70. The van der Waals surface area contributed by atoms with Crippen LogP contribution in [0.15, 0.2) is 36.7 Å². The molecule has 1 aromatic carbocycles. The number of halogens is 2. The van der Waals surface area contributed by atoms with Gasteiger partial charge < -0.3 is 0 Å². The number of nitrogens with zero attached hydrogens (tertiary/aromatic N) is 2. The van der Waals surface area contributed by atoms with E-state index < -0.39 is 0 Å². The van der Waals surface area contributed by atoms with Crippen molar-refractivity contribution in [3.05, 3.63) is 52.3 Å². The Labute approximate surface area is 142 Å². The molecule has 1 aliphatic rings. The molecular weight excluding hydrogens is 315 g/mol. The first kappa shape index (κ1) is 15.8. The number of benzene rings is 1. The first-order chi connectivity index (χ1) is 10.7. The fourth-order valence-electron chi connectivity index (χ4n) is 3.09. The summed E-state index contributed by atoms with van der Waals surface area (Å²) >= 11 is 12.7. The Hall–Kier alpha value is -1.09. The molecule has 0 amide bonds. The molecule has 1 saturated heterocycles. The van der Waals surface area contributed by atoms with Crippen LogP contribution in [0.1, 0.15) is 37.8 Å². The van der Waals surface area contributed by atoms with Gasteiger partial charge in [-0.3, -0.25) is 9.88 Å². The van der Waals surface area contributed by atoms with Crippen LogP contribution in [0.4, 0.5) is 0 Å². The Morgan fingerprint density at radius 1 is 1.00 bits per heavy atom. The van der Waals surface area contributed by atoms with Crippen LogP contribution in [0.25, 0.3) is 11.1 Å². The average molecular weight is 335 g/mol. The van der Waals surface area contributed by atoms with Crippen LogP contribution in [-0.2, 0) is 0 Å². The third kappa shape index (κ3) is 3.29. The third-order valence-corrected chi connectivity index (χ3v) is 5.12. The molecule has 1 unspecified atom stereocenters. The molecule has 1 aromatic heterocycles. The second-order valence-electron chi connectivity index (χ2n) is 5.87. The molecule has 0 aliphatic carbocycles. The lowest BCUT2D eigenvalue weighted by Crippen LogP contribution is -2.32. The molecule has 1 atom stereocenters. The quantitative estimate of drug-likeness (QED) is 0.725. The molecule has 2 heterocycles. The molecule has 4 heteroatoms. The SMILES string of the molecule is CC(c1cncc(-c2ccc(Cl)cc2)c1Cl)N1CCCCC1. The van der Waals surface area contributed by atoms with Crippen LogP contribution >= 0.6 is 23.2 Å². The van der Waals surface area contributed by atoms with Crippen molar-refractivity contribution < 1.29 is 0 Å². The van der Waals surface area contributed by atoms with Gasteiger partial charge >= 0.3 is 0 Å². The van der Waals surface area contributed by atoms with Crippen LogP contribution in [0.2, 0.25) is 10.0 Å². The molecule has 0 bridgehead atoms. The van der Waals surface area contributed by atoms with Crippen molar-refractivity contribution in [3.8, 4) is 11.1 Å². The van der Waals surface area contributed by atoms with Crippen LogP contribution in [0.3, 0.4) is 0 Å². The van der Waals surface area contributed by atoms with Gasteiger partial charge in [-0.2, -0.15) is 0 Å². The van der Waals surface area contributed by atoms with Gasteiger partial charge in [0.25, 0.3) is 0 Å². The molecule has 1 fully saturated rings. The summed E-state index contributed by atoms with van der Waals surface area (Å²) in [5.41, 5.74) is 3.13. The van der Waals surface area contributed by atoms with Crippen molar-refractivity contribution in [1.82, 2.24) is 9.88 Å². The van der Waals surface area contributed by atoms with Gasteiger partial charge in [0.1, 0.15) is 0 Å². The summed E-state index contributed by atoms with van der Waals surface area (Å²) < 4.78 is 0. The van der Waals surface area contributed by atoms with E-state index in [1.807, 2.05) is 36.7 Å². The molecule has 0 spiro atoms. The fourth-order valence-corrected chi connectivity index (χ4v) is 3.58. The number of piperidine rings is 1. The van der Waals surface area contributed by atoms with Crippen molar-refractivity contribution >= 4 is 23.2 Å². The molecule has 3 rings (SSSR count). The lowest BCUT2D eigenvalue weighted by atomic mass is 10.0. The molecular formula is C18H20Cl2N2. The predicted molar refractivity (Wildman–Crippen MR) is 93.5 cm³/mol. The summed E-state index contributed by atoms with van der Waals surface area (Å²) in [5.74, 6) is 0. The topological polar surface area (TPSA) is 16.1 Å². The molecule has 22 heavy (non-hydrogen) atoms. The highest BCUT2D eigenvalue weighted by Crippen LogP contribution is 2.35. The number of pyridine rings is 1. The number of hydrogen-bond donors (Lipinski definition) is 0. The Morgan fingerprint density at radius 2 is 1.68 bits per heavy atom. The van der Waals surface area contributed by atoms with Gasteiger partial charge in [0.05, 0.1) is 5.02 Å². The highest BCUT2D eigenvalue weighted by atomic mass is 35.5. The van der Waals surface area contributed by atoms with Crippen LogP contribution in [-0.4, -0.2) is 23.0 Å². The van der Waals surface area contributed by atoms with Gasteiger partial charge in [-0.15, -0.1) is 0 Å². The molecule has 2 aromatic rings. The van der Waals surface area contributed by atoms with E-state index in [1.54, 1.807) is 0 Å². The van der Waals surface area contributed by atoms with Gasteiger partial charge in [-0.25, -0.2) is 0 Å². The maximum Gasteiger partial charge on any atom is 0.0563 e. The summed E-state index contributed by atoms with van der Waals surface area (Å²) in [6.45, 7) is 4.51. The second-order valence-corrected chi connectivity index (χ2v) is 6.68. The van der Waals surface area contributed by atoms with Crippen molar-refractivity contribution in [2.75, 3.05) is 13.1 Å². The zero-order valence-corrected chi connectivity index (χ0v) is 14.2. The molecule has 0 radical (unpaired) electrons. The van der Waals surface area contributed by atoms with Crippen LogP contribution in [0.5, 0.6) is 0 Å². The van der Waals surface area contributed by atoms with Crippen molar-refractivity contribution in [1.29, 1.82) is 0 Å². The minimum Gasteiger partial charge on any atom is -0.297 e. The zero-order valence-electron chi connectivity index (χ0n) is 12.7. The normalized spacial score (nSPS) is 17.4. The summed E-state index contributed by atoms with van der Waals surface area (Å²) in [6.07, 6.45) is 7.61. The summed E-state index contributed by atoms with van der Waals surface area (Å²) in [6, 6.07) is 8.04. The number of likely N-dealkylation sites (tertiary alicyclic amines) is 1. The molecule has 0 N–H and O–H groups in total. The Morgan fingerprint density at radius 3 is 2.36 bits per heavy atom. The minimum absolute atomic E-state index is 0.299. The third-order valence-electron chi connectivity index (χ3n) is 4.45. The Bertz CT molecular complexity index is 634. The first-order valence-corrected chi connectivity index (χ1v) is 8.56. The average Bonchev–Trinajstić information content (AvgIpc) is 2.56. The standard InChI is InChI=1S/C18H20Cl2N2/c1-13(22-9-3-2-4-10-22)16-11-21-12-17(18(16)20)14-5-7-15(19)8-6-14/h5-8,11-13H,2-4,9-10H2,1H3. The van der Waals surface area contributed by atoms with E-state index in [2.05, 4.69) is 16.8 Å². The summed E-state index contributed by atoms with van der Waals surface area (Å²) in [4.78, 5) is 6.91. The summed E-state index contributed by atoms with van der Waals surface area (Å²) in [5, 5.41) is 1.53. The predicted octanol–water partition coefficient (Wildman–Crippen LogP) is 5.60. The van der Waals surface area contributed by atoms with Gasteiger partial charge in [-0.1, -0.05) is 41.8 Å². The van der Waals surface area contributed by atoms with E-state index in [9.17, 15) is 0 Å². The second kappa shape index (κ2) is 6.99. The van der Waals surface area contributed by atoms with E-state index in [0.717, 1.165) is 39.8 Å². The first-order valence-electron chi connectivity index (χ1n) is 7.80. The van der Waals surface area contributed by atoms with E-state index in [0.29, 0.717) is 6.04 Å². The van der Waals surface area contributed by atoms with Crippen molar-refractivity contribution in [2.24, 2.45) is 0 Å². The Balaban J connectivity index is 1.92. The zero-order chi connectivity index (χ0) is 15.5. The van der Waals surface area contributed by atoms with Crippen molar-refractivity contribution in [3.63, 3.8) is 0 Å². The number of rotatable bonds is 3. The largest absolute Gasteiger partial charge is 0.297 e. The van der Waals surface area contributed by atoms with Crippen LogP contribution < -0.4 is 0 Å². The minimum atomic E-state index is 0.299. The maximum absolute atomic E-state index is 6.70. The van der Waals surface area contributed by atoms with E-state index in [-0.39, 0.29) is 0 Å². The van der Waals surface area contributed by atoms with E-state index in [1.165, 1.54) is 19.3 Å². The fraction of sp³-hybridized carbons (Fsp3) is 0.389. The van der Waals surface area contributed by atoms with E-state index >= 15 is 0 Å². The molecule has 0 saturated carbocycles. The van der Waals surface area contributed by atoms with Crippen molar-refractivity contribution in [2.45, 2.75) is 32.2 Å². The lowest BCUT2D eigenvalue weighted by Gasteiger charge is -2.33. The van der Waals surface area contributed by atoms with Gasteiger partial charge in [-0.05, 0) is 50.6 Å². The highest BCUT2D eigenvalue weighted by Gasteiger charge is 2.21. The monoisotopic (exact) mass is 334 g/mol. The lowest BCUT2D eigenvalue weighted by molar-refractivity contribution is 0.174.